The van der Waals surface area contributed by atoms with Crippen LogP contribution in [0.15, 0.2) is 89.8 Å². The van der Waals surface area contributed by atoms with Crippen LogP contribution in [0.1, 0.15) is 49.4 Å². The molecule has 0 N–H and O–H groups in total. The zero-order valence-electron chi connectivity index (χ0n) is 21.1. The molecule has 1 amide bonds. The lowest BCUT2D eigenvalue weighted by atomic mass is 9.88. The number of rotatable bonds is 7. The SMILES string of the molecule is CC(=O)N(C1(c2ccc(OCc3ccc4ccccc4n3)cc2)CCCC1)S(=O)(=O)c1ccc(C)cc1. The van der Waals surface area contributed by atoms with Gasteiger partial charge in [-0.15, -0.1) is 0 Å². The minimum Gasteiger partial charge on any atom is -0.487 e. The number of aromatic nitrogens is 1. The molecule has 1 aromatic heterocycles. The highest BCUT2D eigenvalue weighted by Gasteiger charge is 2.48. The summed E-state index contributed by atoms with van der Waals surface area (Å²) in [4.78, 5) is 17.7. The van der Waals surface area contributed by atoms with Crippen molar-refractivity contribution in [2.45, 2.75) is 56.6 Å². The fourth-order valence-corrected chi connectivity index (χ4v) is 7.07. The Labute approximate surface area is 218 Å². The fourth-order valence-electron chi connectivity index (χ4n) is 5.29. The lowest BCUT2D eigenvalue weighted by Gasteiger charge is -2.40. The number of pyridine rings is 1. The molecular weight excluding hydrogens is 484 g/mol. The van der Waals surface area contributed by atoms with Gasteiger partial charge in [-0.3, -0.25) is 4.79 Å². The van der Waals surface area contributed by atoms with Crippen molar-refractivity contribution in [1.82, 2.24) is 9.29 Å². The Morgan fingerprint density at radius 3 is 2.27 bits per heavy atom. The molecule has 4 aromatic rings. The van der Waals surface area contributed by atoms with Gasteiger partial charge in [0.05, 0.1) is 21.6 Å². The number of para-hydroxylation sites is 1. The average molecular weight is 515 g/mol. The van der Waals surface area contributed by atoms with E-state index < -0.39 is 21.5 Å². The third kappa shape index (κ3) is 4.83. The van der Waals surface area contributed by atoms with Gasteiger partial charge in [-0.25, -0.2) is 17.7 Å². The minimum atomic E-state index is -4.04. The van der Waals surface area contributed by atoms with Gasteiger partial charge in [0.2, 0.25) is 5.91 Å². The van der Waals surface area contributed by atoms with Crippen LogP contribution in [0.5, 0.6) is 5.75 Å². The van der Waals surface area contributed by atoms with Gasteiger partial charge in [-0.05, 0) is 61.7 Å². The number of hydrogen-bond donors (Lipinski definition) is 0. The van der Waals surface area contributed by atoms with Gasteiger partial charge in [0.1, 0.15) is 12.4 Å². The van der Waals surface area contributed by atoms with E-state index in [4.69, 9.17) is 4.74 Å². The Morgan fingerprint density at radius 2 is 1.59 bits per heavy atom. The highest BCUT2D eigenvalue weighted by atomic mass is 32.2. The molecule has 3 aromatic carbocycles. The number of aryl methyl sites for hydroxylation is 1. The van der Waals surface area contributed by atoms with Gasteiger partial charge in [0, 0.05) is 12.3 Å². The lowest BCUT2D eigenvalue weighted by molar-refractivity contribution is -0.128. The van der Waals surface area contributed by atoms with Crippen molar-refractivity contribution in [2.75, 3.05) is 0 Å². The summed E-state index contributed by atoms with van der Waals surface area (Å²) in [5.74, 6) is 0.174. The molecule has 1 heterocycles. The molecule has 1 fully saturated rings. The van der Waals surface area contributed by atoms with Gasteiger partial charge >= 0.3 is 0 Å². The molecule has 0 atom stereocenters. The summed E-state index contributed by atoms with van der Waals surface area (Å²) >= 11 is 0. The normalized spacial score (nSPS) is 15.0. The topological polar surface area (TPSA) is 76.6 Å². The first-order valence-electron chi connectivity index (χ1n) is 12.5. The van der Waals surface area contributed by atoms with E-state index in [1.165, 1.54) is 6.92 Å². The first-order chi connectivity index (χ1) is 17.8. The standard InChI is InChI=1S/C30H30N2O4S/c1-22-9-17-28(18-10-22)37(34,35)32(23(2)33)30(19-5-6-20-30)25-12-15-27(16-13-25)36-21-26-14-11-24-7-3-4-8-29(24)31-26/h3-4,7-18H,5-6,19-21H2,1-2H3. The Bertz CT molecular complexity index is 1520. The maximum atomic E-state index is 13.7. The summed E-state index contributed by atoms with van der Waals surface area (Å²) in [5.41, 5.74) is 2.57. The van der Waals surface area contributed by atoms with E-state index in [0.717, 1.165) is 44.9 Å². The van der Waals surface area contributed by atoms with Crippen molar-refractivity contribution in [3.8, 4) is 5.75 Å². The number of amides is 1. The minimum absolute atomic E-state index is 0.127. The summed E-state index contributed by atoms with van der Waals surface area (Å²) in [6, 6.07) is 26.0. The van der Waals surface area contributed by atoms with Crippen molar-refractivity contribution in [1.29, 1.82) is 0 Å². The van der Waals surface area contributed by atoms with Crippen molar-refractivity contribution in [3.63, 3.8) is 0 Å². The van der Waals surface area contributed by atoms with Crippen molar-refractivity contribution < 1.29 is 17.9 Å². The molecule has 0 spiro atoms. The number of sulfonamides is 1. The van der Waals surface area contributed by atoms with Crippen LogP contribution >= 0.6 is 0 Å². The molecular formula is C30H30N2O4S. The second kappa shape index (κ2) is 9.98. The summed E-state index contributed by atoms with van der Waals surface area (Å²) in [6.07, 6.45) is 2.86. The predicted octanol–water partition coefficient (Wildman–Crippen LogP) is 6.13. The van der Waals surface area contributed by atoms with Gasteiger partial charge < -0.3 is 4.74 Å². The lowest BCUT2D eigenvalue weighted by Crippen LogP contribution is -2.50. The van der Waals surface area contributed by atoms with E-state index in [0.29, 0.717) is 25.2 Å². The van der Waals surface area contributed by atoms with Crippen LogP contribution in [0.25, 0.3) is 10.9 Å². The Hall–Kier alpha value is -3.71. The number of carbonyl (C=O) groups is 1. The fraction of sp³-hybridized carbons (Fsp3) is 0.267. The number of fused-ring (bicyclic) bond motifs is 1. The molecule has 37 heavy (non-hydrogen) atoms. The number of carbonyl (C=O) groups excluding carboxylic acids is 1. The van der Waals surface area contributed by atoms with Gasteiger partial charge in [0.25, 0.3) is 10.0 Å². The second-order valence-electron chi connectivity index (χ2n) is 9.65. The van der Waals surface area contributed by atoms with Crippen LogP contribution in [0.3, 0.4) is 0 Å². The molecule has 0 saturated heterocycles. The molecule has 1 saturated carbocycles. The van der Waals surface area contributed by atoms with Crippen LogP contribution < -0.4 is 4.74 Å². The second-order valence-corrected chi connectivity index (χ2v) is 11.4. The third-order valence-electron chi connectivity index (χ3n) is 7.10. The molecule has 0 unspecified atom stereocenters. The Morgan fingerprint density at radius 1 is 0.919 bits per heavy atom. The van der Waals surface area contributed by atoms with Crippen molar-refractivity contribution in [3.05, 3.63) is 102 Å². The molecule has 0 aliphatic heterocycles. The van der Waals surface area contributed by atoms with Gasteiger partial charge in [-0.1, -0.05) is 66.9 Å². The summed E-state index contributed by atoms with van der Waals surface area (Å²) in [6.45, 7) is 3.55. The highest BCUT2D eigenvalue weighted by Crippen LogP contribution is 2.47. The maximum absolute atomic E-state index is 13.7. The van der Waals surface area contributed by atoms with E-state index in [-0.39, 0.29) is 4.90 Å². The first-order valence-corrected chi connectivity index (χ1v) is 13.9. The zero-order chi connectivity index (χ0) is 26.0. The monoisotopic (exact) mass is 514 g/mol. The van der Waals surface area contributed by atoms with Crippen LogP contribution in [-0.2, 0) is 27.0 Å². The molecule has 1 aliphatic carbocycles. The molecule has 0 bridgehead atoms. The van der Waals surface area contributed by atoms with Gasteiger partial charge in [0.15, 0.2) is 0 Å². The molecule has 1 aliphatic rings. The Kier molecular flexibility index (Phi) is 6.73. The summed E-state index contributed by atoms with van der Waals surface area (Å²) in [7, 11) is -4.04. The van der Waals surface area contributed by atoms with Crippen LogP contribution in [0.2, 0.25) is 0 Å². The van der Waals surface area contributed by atoms with Crippen molar-refractivity contribution >= 4 is 26.8 Å². The largest absolute Gasteiger partial charge is 0.487 e. The molecule has 5 rings (SSSR count). The van der Waals surface area contributed by atoms with Gasteiger partial charge in [-0.2, -0.15) is 0 Å². The van der Waals surface area contributed by atoms with E-state index in [1.54, 1.807) is 24.3 Å². The molecule has 7 heteroatoms. The van der Waals surface area contributed by atoms with E-state index in [9.17, 15) is 13.2 Å². The van der Waals surface area contributed by atoms with E-state index in [2.05, 4.69) is 4.98 Å². The number of benzene rings is 3. The maximum Gasteiger partial charge on any atom is 0.267 e. The number of hydrogen-bond acceptors (Lipinski definition) is 5. The van der Waals surface area contributed by atoms with Crippen LogP contribution in [0.4, 0.5) is 0 Å². The number of ether oxygens (including phenoxy) is 1. The molecule has 0 radical (unpaired) electrons. The summed E-state index contributed by atoms with van der Waals surface area (Å²) < 4.78 is 34.6. The van der Waals surface area contributed by atoms with Crippen molar-refractivity contribution in [2.24, 2.45) is 0 Å². The van der Waals surface area contributed by atoms with E-state index >= 15 is 0 Å². The number of nitrogens with zero attached hydrogens (tertiary/aromatic N) is 2. The quantitative estimate of drug-likeness (QED) is 0.297. The Balaban J connectivity index is 1.41. The predicted molar refractivity (Wildman–Crippen MR) is 144 cm³/mol. The smallest absolute Gasteiger partial charge is 0.267 e. The van der Waals surface area contributed by atoms with E-state index in [1.807, 2.05) is 67.6 Å². The van der Waals surface area contributed by atoms with Crippen LogP contribution in [0, 0.1) is 6.92 Å². The third-order valence-corrected chi connectivity index (χ3v) is 9.05. The highest BCUT2D eigenvalue weighted by molar-refractivity contribution is 7.89. The van der Waals surface area contributed by atoms with Crippen LogP contribution in [-0.4, -0.2) is 23.6 Å². The summed E-state index contributed by atoms with van der Waals surface area (Å²) in [5, 5.41) is 1.08. The molecule has 6 nitrogen and oxygen atoms in total. The zero-order valence-corrected chi connectivity index (χ0v) is 21.9. The average Bonchev–Trinajstić information content (AvgIpc) is 3.38. The molecule has 190 valence electrons. The first kappa shape index (κ1) is 25.0.